The fourth-order valence-corrected chi connectivity index (χ4v) is 5.55. The molecule has 0 aliphatic rings. The summed E-state index contributed by atoms with van der Waals surface area (Å²) in [6, 6.07) is 0. The maximum absolute atomic E-state index is 12.4. The van der Waals surface area contributed by atoms with Crippen LogP contribution in [-0.4, -0.2) is 65.7 Å². The first-order chi connectivity index (χ1) is 21.2. The lowest BCUT2D eigenvalue weighted by Crippen LogP contribution is -2.29. The van der Waals surface area contributed by atoms with Crippen LogP contribution in [-0.2, 0) is 32.7 Å². The fraction of sp³-hybridized carbons (Fsp3) is 0.939. The van der Waals surface area contributed by atoms with Crippen molar-refractivity contribution in [3.05, 3.63) is 0 Å². The van der Waals surface area contributed by atoms with Gasteiger partial charge in [0.25, 0.3) is 0 Å². The number of ether oxygens (including phenoxy) is 2. The summed E-state index contributed by atoms with van der Waals surface area (Å²) in [7, 11) is -4.59. The van der Waals surface area contributed by atoms with Crippen LogP contribution in [0.2, 0.25) is 0 Å². The average molecular weight is 653 g/mol. The van der Waals surface area contributed by atoms with Crippen LogP contribution in [0.1, 0.15) is 162 Å². The van der Waals surface area contributed by atoms with Crippen LogP contribution in [0.3, 0.4) is 0 Å². The number of hydrogen-bond donors (Lipinski definition) is 3. The van der Waals surface area contributed by atoms with E-state index in [4.69, 9.17) is 19.1 Å². The normalized spacial score (nSPS) is 14.2. The molecule has 0 aliphatic carbocycles. The van der Waals surface area contributed by atoms with Crippen LogP contribution >= 0.6 is 7.82 Å². The van der Waals surface area contributed by atoms with Gasteiger partial charge < -0.3 is 24.6 Å². The van der Waals surface area contributed by atoms with Gasteiger partial charge in [-0.15, -0.1) is 0 Å². The van der Waals surface area contributed by atoms with Crippen molar-refractivity contribution in [3.63, 3.8) is 0 Å². The Morgan fingerprint density at radius 2 is 0.977 bits per heavy atom. The Labute approximate surface area is 267 Å². The number of esters is 2. The van der Waals surface area contributed by atoms with Crippen molar-refractivity contribution in [2.75, 3.05) is 26.4 Å². The Balaban J connectivity index is 4.38. The summed E-state index contributed by atoms with van der Waals surface area (Å²) in [5, 5.41) is 18.2. The van der Waals surface area contributed by atoms with E-state index in [9.17, 15) is 24.2 Å². The topological polar surface area (TPSA) is 149 Å². The van der Waals surface area contributed by atoms with Crippen molar-refractivity contribution in [2.24, 2.45) is 0 Å². The van der Waals surface area contributed by atoms with E-state index in [0.717, 1.165) is 38.5 Å². The minimum Gasteiger partial charge on any atom is -0.462 e. The highest BCUT2D eigenvalue weighted by Crippen LogP contribution is 2.43. The number of aliphatic hydroxyl groups is 2. The molecule has 10 nitrogen and oxygen atoms in total. The summed E-state index contributed by atoms with van der Waals surface area (Å²) >= 11 is 0. The lowest BCUT2D eigenvalue weighted by atomic mass is 10.0. The second kappa shape index (κ2) is 30.6. The van der Waals surface area contributed by atoms with Gasteiger partial charge in [0.2, 0.25) is 0 Å². The third kappa shape index (κ3) is 29.7. The second-order valence-electron chi connectivity index (χ2n) is 11.9. The molecule has 0 aliphatic heterocycles. The van der Waals surface area contributed by atoms with Crippen molar-refractivity contribution >= 4 is 19.8 Å². The van der Waals surface area contributed by atoms with Crippen LogP contribution in [0, 0.1) is 0 Å². The van der Waals surface area contributed by atoms with E-state index in [1.165, 1.54) is 83.5 Å². The molecule has 3 atom stereocenters. The first-order valence-corrected chi connectivity index (χ1v) is 19.0. The van der Waals surface area contributed by atoms with Crippen LogP contribution in [0.25, 0.3) is 0 Å². The minimum absolute atomic E-state index is 0.190. The van der Waals surface area contributed by atoms with Gasteiger partial charge in [-0.25, -0.2) is 4.57 Å². The monoisotopic (exact) mass is 652 g/mol. The fourth-order valence-electron chi connectivity index (χ4n) is 4.76. The van der Waals surface area contributed by atoms with Gasteiger partial charge in [0.15, 0.2) is 6.10 Å². The standard InChI is InChI=1S/C33H65O10P/c1-3-5-7-9-11-13-14-15-17-18-20-22-24-32(36)40-28-31(29-42-44(38,39)41-27-30(35)26-34)43-33(37)25-23-21-19-16-12-10-8-6-4-2/h30-31,34-35H,3-29H2,1-2H3,(H,38,39)/t30-,31+/m0/s1. The third-order valence-electron chi connectivity index (χ3n) is 7.51. The summed E-state index contributed by atoms with van der Waals surface area (Å²) < 4.78 is 32.4. The van der Waals surface area contributed by atoms with Crippen molar-refractivity contribution in [1.82, 2.24) is 0 Å². The first kappa shape index (κ1) is 43.0. The summed E-state index contributed by atoms with van der Waals surface area (Å²) in [5.41, 5.74) is 0. The summed E-state index contributed by atoms with van der Waals surface area (Å²) in [5.74, 6) is -0.922. The molecule has 0 saturated heterocycles. The van der Waals surface area contributed by atoms with Crippen LogP contribution in [0.5, 0.6) is 0 Å². The van der Waals surface area contributed by atoms with Gasteiger partial charge >= 0.3 is 19.8 Å². The molecule has 11 heteroatoms. The largest absolute Gasteiger partial charge is 0.472 e. The molecule has 0 fully saturated rings. The van der Waals surface area contributed by atoms with Crippen LogP contribution < -0.4 is 0 Å². The number of carbonyl (C=O) groups is 2. The number of carbonyl (C=O) groups excluding carboxylic acids is 2. The highest BCUT2D eigenvalue weighted by molar-refractivity contribution is 7.47. The lowest BCUT2D eigenvalue weighted by Gasteiger charge is -2.20. The zero-order valence-electron chi connectivity index (χ0n) is 27.9. The number of phosphoric ester groups is 1. The van der Waals surface area contributed by atoms with Gasteiger partial charge in [-0.3, -0.25) is 18.6 Å². The van der Waals surface area contributed by atoms with Gasteiger partial charge in [-0.2, -0.15) is 0 Å². The number of hydrogen-bond acceptors (Lipinski definition) is 9. The molecular formula is C33H65O10P. The Morgan fingerprint density at radius 3 is 1.41 bits per heavy atom. The molecule has 0 aromatic carbocycles. The molecule has 3 N–H and O–H groups in total. The van der Waals surface area contributed by atoms with Gasteiger partial charge in [-0.1, -0.05) is 136 Å². The van der Waals surface area contributed by atoms with E-state index in [-0.39, 0.29) is 19.4 Å². The van der Waals surface area contributed by atoms with Crippen molar-refractivity contribution in [1.29, 1.82) is 0 Å². The SMILES string of the molecule is CCCCCCCCCCCCCCC(=O)OC[C@H](COP(=O)(O)OC[C@@H](O)CO)OC(=O)CCCCCCCCCCC. The Morgan fingerprint density at radius 1 is 0.591 bits per heavy atom. The smallest absolute Gasteiger partial charge is 0.462 e. The predicted octanol–water partition coefficient (Wildman–Crippen LogP) is 7.94. The van der Waals surface area contributed by atoms with Gasteiger partial charge in [-0.05, 0) is 12.8 Å². The van der Waals surface area contributed by atoms with Gasteiger partial charge in [0, 0.05) is 12.8 Å². The van der Waals surface area contributed by atoms with Gasteiger partial charge in [0.05, 0.1) is 19.8 Å². The van der Waals surface area contributed by atoms with Crippen LogP contribution in [0.4, 0.5) is 0 Å². The molecule has 44 heavy (non-hydrogen) atoms. The molecule has 0 heterocycles. The average Bonchev–Trinajstić information content (AvgIpc) is 3.00. The van der Waals surface area contributed by atoms with Crippen LogP contribution in [0.15, 0.2) is 0 Å². The number of phosphoric acid groups is 1. The van der Waals surface area contributed by atoms with E-state index in [1.807, 2.05) is 0 Å². The van der Waals surface area contributed by atoms with Crippen molar-refractivity contribution in [3.8, 4) is 0 Å². The molecule has 262 valence electrons. The number of unbranched alkanes of at least 4 members (excludes halogenated alkanes) is 19. The first-order valence-electron chi connectivity index (χ1n) is 17.5. The highest BCUT2D eigenvalue weighted by atomic mass is 31.2. The van der Waals surface area contributed by atoms with E-state index >= 15 is 0 Å². The Hall–Kier alpha value is -1.03. The number of aliphatic hydroxyl groups excluding tert-OH is 2. The Bertz CT molecular complexity index is 721. The summed E-state index contributed by atoms with van der Waals surface area (Å²) in [6.45, 7) is 2.34. The maximum atomic E-state index is 12.4. The molecule has 1 unspecified atom stereocenters. The molecule has 0 spiro atoms. The maximum Gasteiger partial charge on any atom is 0.472 e. The molecular weight excluding hydrogens is 587 g/mol. The molecule has 0 aromatic heterocycles. The molecule has 0 amide bonds. The molecule has 0 saturated carbocycles. The van der Waals surface area contributed by atoms with E-state index in [2.05, 4.69) is 18.4 Å². The molecule has 0 aromatic rings. The zero-order valence-corrected chi connectivity index (χ0v) is 28.8. The second-order valence-corrected chi connectivity index (χ2v) is 13.4. The van der Waals surface area contributed by atoms with Crippen molar-refractivity contribution in [2.45, 2.75) is 174 Å². The quantitative estimate of drug-likeness (QED) is 0.0362. The lowest BCUT2D eigenvalue weighted by molar-refractivity contribution is -0.161. The minimum atomic E-state index is -4.59. The highest BCUT2D eigenvalue weighted by Gasteiger charge is 2.27. The Kier molecular flexibility index (Phi) is 29.9. The summed E-state index contributed by atoms with van der Waals surface area (Å²) in [6.07, 6.45) is 22.3. The van der Waals surface area contributed by atoms with Crippen molar-refractivity contribution < 1.29 is 47.8 Å². The summed E-state index contributed by atoms with van der Waals surface area (Å²) in [4.78, 5) is 34.6. The third-order valence-corrected chi connectivity index (χ3v) is 8.46. The molecule has 0 bridgehead atoms. The van der Waals surface area contributed by atoms with E-state index in [0.29, 0.717) is 12.8 Å². The zero-order chi connectivity index (χ0) is 32.7. The number of rotatable bonds is 33. The van der Waals surface area contributed by atoms with E-state index in [1.54, 1.807) is 0 Å². The predicted molar refractivity (Wildman–Crippen MR) is 173 cm³/mol. The van der Waals surface area contributed by atoms with Gasteiger partial charge in [0.1, 0.15) is 12.7 Å². The molecule has 0 radical (unpaired) electrons. The van der Waals surface area contributed by atoms with E-state index < -0.39 is 51.8 Å². The molecule has 0 rings (SSSR count).